The van der Waals surface area contributed by atoms with Gasteiger partial charge in [-0.25, -0.2) is 0 Å². The zero-order chi connectivity index (χ0) is 13.5. The van der Waals surface area contributed by atoms with Gasteiger partial charge >= 0.3 is 0 Å². The van der Waals surface area contributed by atoms with Crippen molar-refractivity contribution in [3.05, 3.63) is 28.2 Å². The van der Waals surface area contributed by atoms with Crippen LogP contribution in [0.2, 0.25) is 0 Å². The molecule has 0 aliphatic rings. The second-order valence-electron chi connectivity index (χ2n) is 5.06. The van der Waals surface area contributed by atoms with Crippen molar-refractivity contribution in [2.75, 3.05) is 12.3 Å². The van der Waals surface area contributed by atoms with Gasteiger partial charge in [0.05, 0.1) is 0 Å². The summed E-state index contributed by atoms with van der Waals surface area (Å²) in [7, 11) is 0. The predicted molar refractivity (Wildman–Crippen MR) is 86.4 cm³/mol. The second-order valence-corrected chi connectivity index (χ2v) is 7.01. The quantitative estimate of drug-likeness (QED) is 0.685. The lowest BCUT2D eigenvalue weighted by atomic mass is 10.1. The molecule has 1 rings (SSSR count). The minimum absolute atomic E-state index is 0.406. The molecule has 0 aliphatic heterocycles. The Morgan fingerprint density at radius 2 is 2.00 bits per heavy atom. The first-order chi connectivity index (χ1) is 8.54. The molecule has 18 heavy (non-hydrogen) atoms. The van der Waals surface area contributed by atoms with E-state index in [9.17, 15) is 0 Å². The predicted octanol–water partition coefficient (Wildman–Crippen LogP) is 5.26. The second kappa shape index (κ2) is 8.23. The summed E-state index contributed by atoms with van der Waals surface area (Å²) in [6, 6.07) is 7.12. The van der Waals surface area contributed by atoms with Gasteiger partial charge in [-0.05, 0) is 43.5 Å². The van der Waals surface area contributed by atoms with E-state index in [2.05, 4.69) is 67.1 Å². The van der Waals surface area contributed by atoms with Crippen LogP contribution in [0.15, 0.2) is 27.6 Å². The Hall–Kier alpha value is 0.01000. The molecule has 0 heterocycles. The Kier molecular flexibility index (Phi) is 7.35. The van der Waals surface area contributed by atoms with E-state index in [-0.39, 0.29) is 0 Å². The molecule has 1 aromatic carbocycles. The molecule has 0 aromatic heterocycles. The average Bonchev–Trinajstić information content (AvgIpc) is 2.33. The van der Waals surface area contributed by atoms with Crippen molar-refractivity contribution in [2.24, 2.45) is 5.92 Å². The summed E-state index contributed by atoms with van der Waals surface area (Å²) < 4.78 is 1.22. The van der Waals surface area contributed by atoms with Crippen LogP contribution >= 0.6 is 27.7 Å². The fourth-order valence-electron chi connectivity index (χ4n) is 1.68. The van der Waals surface area contributed by atoms with E-state index in [0.717, 1.165) is 12.5 Å². The summed E-state index contributed by atoms with van der Waals surface area (Å²) in [4.78, 5) is 1.35. The van der Waals surface area contributed by atoms with Crippen molar-refractivity contribution in [3.63, 3.8) is 0 Å². The molecular formula is C15H24BrNS. The minimum atomic E-state index is 0.406. The third-order valence-electron chi connectivity index (χ3n) is 2.72. The summed E-state index contributed by atoms with van der Waals surface area (Å²) in [6.07, 6.45) is 1.17. The molecule has 1 aromatic rings. The maximum atomic E-state index is 3.69. The van der Waals surface area contributed by atoms with Gasteiger partial charge in [-0.3, -0.25) is 0 Å². The van der Waals surface area contributed by atoms with Gasteiger partial charge in [0.2, 0.25) is 0 Å². The lowest BCUT2D eigenvalue weighted by Gasteiger charge is -2.16. The number of rotatable bonds is 7. The smallest absolute Gasteiger partial charge is 0.0302 e. The van der Waals surface area contributed by atoms with Crippen LogP contribution in [-0.4, -0.2) is 12.3 Å². The third-order valence-corrected chi connectivity index (χ3v) is 4.83. The highest BCUT2D eigenvalue weighted by atomic mass is 79.9. The van der Waals surface area contributed by atoms with E-state index < -0.39 is 0 Å². The van der Waals surface area contributed by atoms with E-state index in [4.69, 9.17) is 0 Å². The first kappa shape index (κ1) is 16.1. The normalized spacial score (nSPS) is 13.0. The molecule has 1 N–H and O–H groups in total. The van der Waals surface area contributed by atoms with Gasteiger partial charge in [0.1, 0.15) is 0 Å². The lowest BCUT2D eigenvalue weighted by molar-refractivity contribution is 0.568. The minimum Gasteiger partial charge on any atom is -0.310 e. The van der Waals surface area contributed by atoms with Crippen molar-refractivity contribution < 1.29 is 0 Å². The van der Waals surface area contributed by atoms with Crippen LogP contribution < -0.4 is 5.32 Å². The average molecular weight is 330 g/mol. The monoisotopic (exact) mass is 329 g/mol. The number of hydrogen-bond acceptors (Lipinski definition) is 2. The summed E-state index contributed by atoms with van der Waals surface area (Å²) >= 11 is 5.62. The Bertz CT molecular complexity index is 366. The Labute approximate surface area is 124 Å². The molecule has 1 unspecified atom stereocenters. The van der Waals surface area contributed by atoms with E-state index in [1.807, 2.05) is 11.8 Å². The van der Waals surface area contributed by atoms with E-state index in [0.29, 0.717) is 6.04 Å². The molecule has 0 saturated carbocycles. The SMILES string of the molecule is CCCNC(C)c1ccc(SCC(C)C)cc1Br. The van der Waals surface area contributed by atoms with Gasteiger partial charge in [0.15, 0.2) is 0 Å². The number of halogens is 1. The molecule has 1 nitrogen and oxygen atoms in total. The zero-order valence-electron chi connectivity index (χ0n) is 11.8. The summed E-state index contributed by atoms with van der Waals surface area (Å²) in [5.41, 5.74) is 1.34. The summed E-state index contributed by atoms with van der Waals surface area (Å²) in [5.74, 6) is 1.91. The third kappa shape index (κ3) is 5.33. The summed E-state index contributed by atoms with van der Waals surface area (Å²) in [6.45, 7) is 9.99. The maximum Gasteiger partial charge on any atom is 0.0302 e. The first-order valence-electron chi connectivity index (χ1n) is 6.70. The molecule has 0 saturated heterocycles. The first-order valence-corrected chi connectivity index (χ1v) is 8.48. The Morgan fingerprint density at radius 1 is 1.28 bits per heavy atom. The highest BCUT2D eigenvalue weighted by Crippen LogP contribution is 2.29. The molecule has 0 fully saturated rings. The summed E-state index contributed by atoms with van der Waals surface area (Å²) in [5, 5.41) is 3.52. The number of thioether (sulfide) groups is 1. The molecule has 0 radical (unpaired) electrons. The van der Waals surface area contributed by atoms with Gasteiger partial charge in [-0.15, -0.1) is 11.8 Å². The molecule has 3 heteroatoms. The topological polar surface area (TPSA) is 12.0 Å². The van der Waals surface area contributed by atoms with Gasteiger partial charge in [0.25, 0.3) is 0 Å². The standard InChI is InChI=1S/C15H24BrNS/c1-5-8-17-12(4)14-7-6-13(9-15(14)16)18-10-11(2)3/h6-7,9,11-12,17H,5,8,10H2,1-4H3. The number of nitrogens with one attached hydrogen (secondary N) is 1. The zero-order valence-corrected chi connectivity index (χ0v) is 14.2. The number of hydrogen-bond donors (Lipinski definition) is 1. The molecule has 102 valence electrons. The van der Waals surface area contributed by atoms with Crippen molar-refractivity contribution in [1.82, 2.24) is 5.32 Å². The largest absolute Gasteiger partial charge is 0.310 e. The highest BCUT2D eigenvalue weighted by molar-refractivity contribution is 9.10. The van der Waals surface area contributed by atoms with Crippen LogP contribution in [0, 0.1) is 5.92 Å². The van der Waals surface area contributed by atoms with Crippen molar-refractivity contribution in [3.8, 4) is 0 Å². The van der Waals surface area contributed by atoms with Crippen LogP contribution in [0.25, 0.3) is 0 Å². The van der Waals surface area contributed by atoms with Crippen LogP contribution in [0.4, 0.5) is 0 Å². The molecule has 0 spiro atoms. The van der Waals surface area contributed by atoms with Crippen molar-refractivity contribution >= 4 is 27.7 Å². The van der Waals surface area contributed by atoms with Crippen molar-refractivity contribution in [1.29, 1.82) is 0 Å². The van der Waals surface area contributed by atoms with Crippen LogP contribution in [0.3, 0.4) is 0 Å². The highest BCUT2D eigenvalue weighted by Gasteiger charge is 2.09. The van der Waals surface area contributed by atoms with Gasteiger partial charge in [-0.2, -0.15) is 0 Å². The van der Waals surface area contributed by atoms with Crippen LogP contribution in [0.1, 0.15) is 45.7 Å². The molecular weight excluding hydrogens is 306 g/mol. The van der Waals surface area contributed by atoms with E-state index in [1.54, 1.807) is 0 Å². The Morgan fingerprint density at radius 3 is 2.56 bits per heavy atom. The number of benzene rings is 1. The Balaban J connectivity index is 2.66. The maximum absolute atomic E-state index is 3.69. The van der Waals surface area contributed by atoms with Gasteiger partial charge < -0.3 is 5.32 Å². The molecule has 0 bridgehead atoms. The van der Waals surface area contributed by atoms with Gasteiger partial charge in [-0.1, -0.05) is 42.8 Å². The van der Waals surface area contributed by atoms with Crippen LogP contribution in [0.5, 0.6) is 0 Å². The van der Waals surface area contributed by atoms with Crippen LogP contribution in [-0.2, 0) is 0 Å². The fourth-order valence-corrected chi connectivity index (χ4v) is 3.45. The molecule has 0 amide bonds. The van der Waals surface area contributed by atoms with Gasteiger partial charge in [0, 0.05) is 21.2 Å². The molecule has 0 aliphatic carbocycles. The van der Waals surface area contributed by atoms with E-state index in [1.165, 1.54) is 27.1 Å². The fraction of sp³-hybridized carbons (Fsp3) is 0.600. The molecule has 1 atom stereocenters. The lowest BCUT2D eigenvalue weighted by Crippen LogP contribution is -2.19. The van der Waals surface area contributed by atoms with E-state index >= 15 is 0 Å². The van der Waals surface area contributed by atoms with Crippen molar-refractivity contribution in [2.45, 2.75) is 45.1 Å².